The van der Waals surface area contributed by atoms with Gasteiger partial charge >= 0.3 is 0 Å². The molecular weight excluding hydrogens is 384 g/mol. The number of rotatable bonds is 7. The number of nitrogens with zero attached hydrogens (tertiary/aromatic N) is 1. The first-order valence-corrected chi connectivity index (χ1v) is 10.0. The number of allylic oxidation sites excluding steroid dienone is 1. The molecule has 6 heteroatoms. The molecular formula is C23H26N2O3S. The smallest absolute Gasteiger partial charge is 0.173 e. The first-order chi connectivity index (χ1) is 14.0. The van der Waals surface area contributed by atoms with Crippen molar-refractivity contribution in [1.29, 1.82) is 0 Å². The molecule has 29 heavy (non-hydrogen) atoms. The lowest BCUT2D eigenvalue weighted by molar-refractivity contribution is -0.114. The molecule has 0 spiro atoms. The van der Waals surface area contributed by atoms with E-state index >= 15 is 0 Å². The van der Waals surface area contributed by atoms with Crippen LogP contribution in [0.1, 0.15) is 37.9 Å². The Hall–Kier alpha value is -2.86. The minimum atomic E-state index is -0.399. The predicted molar refractivity (Wildman–Crippen MR) is 118 cm³/mol. The van der Waals surface area contributed by atoms with E-state index in [1.54, 1.807) is 14.0 Å². The second kappa shape index (κ2) is 9.09. The third kappa shape index (κ3) is 4.27. The molecule has 0 amide bonds. The lowest BCUT2D eigenvalue weighted by Gasteiger charge is -2.37. The monoisotopic (exact) mass is 410 g/mol. The molecule has 0 saturated carbocycles. The van der Waals surface area contributed by atoms with Gasteiger partial charge in [0, 0.05) is 23.4 Å². The van der Waals surface area contributed by atoms with Gasteiger partial charge in [-0.1, -0.05) is 42.5 Å². The molecule has 1 unspecified atom stereocenters. The minimum Gasteiger partial charge on any atom is -0.493 e. The summed E-state index contributed by atoms with van der Waals surface area (Å²) in [7, 11) is 1.61. The summed E-state index contributed by atoms with van der Waals surface area (Å²) in [5.41, 5.74) is 3.42. The van der Waals surface area contributed by atoms with E-state index in [1.165, 1.54) is 0 Å². The number of ether oxygens (including phenoxy) is 2. The fraction of sp³-hybridized carbons (Fsp3) is 0.304. The molecule has 1 N–H and O–H groups in total. The highest BCUT2D eigenvalue weighted by Crippen LogP contribution is 2.40. The molecule has 152 valence electrons. The molecule has 0 saturated heterocycles. The zero-order valence-electron chi connectivity index (χ0n) is 17.2. The molecule has 2 aromatic carbocycles. The minimum absolute atomic E-state index is 0.00206. The molecule has 0 aromatic heterocycles. The van der Waals surface area contributed by atoms with E-state index in [9.17, 15) is 4.79 Å². The van der Waals surface area contributed by atoms with E-state index in [4.69, 9.17) is 21.7 Å². The van der Waals surface area contributed by atoms with Crippen LogP contribution in [0.25, 0.3) is 0 Å². The largest absolute Gasteiger partial charge is 0.493 e. The molecule has 1 atom stereocenters. The molecule has 3 rings (SSSR count). The Labute approximate surface area is 177 Å². The van der Waals surface area contributed by atoms with Gasteiger partial charge < -0.3 is 19.7 Å². The number of benzene rings is 2. The molecule has 1 aliphatic rings. The number of ketones is 1. The zero-order chi connectivity index (χ0) is 21.0. The van der Waals surface area contributed by atoms with Gasteiger partial charge in [-0.15, -0.1) is 0 Å². The van der Waals surface area contributed by atoms with Crippen molar-refractivity contribution in [2.24, 2.45) is 0 Å². The van der Waals surface area contributed by atoms with Crippen molar-refractivity contribution < 1.29 is 14.3 Å². The van der Waals surface area contributed by atoms with Crippen molar-refractivity contribution in [3.63, 3.8) is 0 Å². The van der Waals surface area contributed by atoms with Gasteiger partial charge in [0.05, 0.1) is 13.2 Å². The zero-order valence-corrected chi connectivity index (χ0v) is 18.0. The average Bonchev–Trinajstić information content (AvgIpc) is 2.72. The summed E-state index contributed by atoms with van der Waals surface area (Å²) in [5.74, 6) is 1.22. The van der Waals surface area contributed by atoms with E-state index in [2.05, 4.69) is 5.32 Å². The molecule has 0 aliphatic carbocycles. The molecule has 5 nitrogen and oxygen atoms in total. The first kappa shape index (κ1) is 20.9. The summed E-state index contributed by atoms with van der Waals surface area (Å²) in [6.07, 6.45) is 0. The standard InChI is InChI=1S/C23H26N2O3S/c1-5-25-15(2)20(16(3)26)21(24-23(25)29)18-12-9-13-19(27-4)22(18)28-14-17-10-7-6-8-11-17/h6-13,21H,5,14H2,1-4H3,(H,24,29). The van der Waals surface area contributed by atoms with Crippen molar-refractivity contribution in [1.82, 2.24) is 10.2 Å². The third-order valence-electron chi connectivity index (χ3n) is 5.06. The van der Waals surface area contributed by atoms with Crippen LogP contribution >= 0.6 is 12.2 Å². The Morgan fingerprint density at radius 3 is 2.52 bits per heavy atom. The van der Waals surface area contributed by atoms with Gasteiger partial charge in [0.15, 0.2) is 22.4 Å². The van der Waals surface area contributed by atoms with Gasteiger partial charge in [-0.3, -0.25) is 4.79 Å². The molecule has 0 radical (unpaired) electrons. The molecule has 0 fully saturated rings. The highest BCUT2D eigenvalue weighted by molar-refractivity contribution is 7.80. The highest BCUT2D eigenvalue weighted by atomic mass is 32.1. The van der Waals surface area contributed by atoms with Crippen molar-refractivity contribution in [3.8, 4) is 11.5 Å². The Bertz CT molecular complexity index is 940. The number of carbonyl (C=O) groups excluding carboxylic acids is 1. The fourth-order valence-corrected chi connectivity index (χ4v) is 4.04. The topological polar surface area (TPSA) is 50.8 Å². The van der Waals surface area contributed by atoms with Gasteiger partial charge in [-0.2, -0.15) is 0 Å². The number of thiocarbonyl (C=S) groups is 1. The Kier molecular flexibility index (Phi) is 6.54. The number of Topliss-reactive ketones (excluding diaryl/α,β-unsaturated/α-hetero) is 1. The van der Waals surface area contributed by atoms with E-state index in [0.29, 0.717) is 35.3 Å². The number of hydrogen-bond donors (Lipinski definition) is 1. The number of nitrogens with one attached hydrogen (secondary N) is 1. The summed E-state index contributed by atoms with van der Waals surface area (Å²) >= 11 is 5.56. The van der Waals surface area contributed by atoms with Gasteiger partial charge in [0.2, 0.25) is 0 Å². The van der Waals surface area contributed by atoms with Crippen LogP contribution in [-0.2, 0) is 11.4 Å². The van der Waals surface area contributed by atoms with E-state index < -0.39 is 6.04 Å². The Balaban J connectivity index is 2.06. The predicted octanol–water partition coefficient (Wildman–Crippen LogP) is 4.39. The van der Waals surface area contributed by atoms with Crippen LogP contribution in [0.5, 0.6) is 11.5 Å². The molecule has 1 heterocycles. The van der Waals surface area contributed by atoms with Gasteiger partial charge in [-0.05, 0) is 44.6 Å². The van der Waals surface area contributed by atoms with Crippen molar-refractivity contribution >= 4 is 23.1 Å². The van der Waals surface area contributed by atoms with E-state index in [-0.39, 0.29) is 5.78 Å². The first-order valence-electron chi connectivity index (χ1n) is 9.61. The maximum Gasteiger partial charge on any atom is 0.173 e. The van der Waals surface area contributed by atoms with E-state index in [1.807, 2.05) is 67.3 Å². The number of methoxy groups -OCH3 is 1. The van der Waals surface area contributed by atoms with Crippen LogP contribution in [0.3, 0.4) is 0 Å². The second-order valence-electron chi connectivity index (χ2n) is 6.83. The van der Waals surface area contributed by atoms with Crippen LogP contribution in [0.15, 0.2) is 59.8 Å². The summed E-state index contributed by atoms with van der Waals surface area (Å²) < 4.78 is 11.8. The SMILES string of the molecule is CCN1C(=S)NC(c2cccc(OC)c2OCc2ccccc2)C(C(C)=O)=C1C. The van der Waals surface area contributed by atoms with Crippen LogP contribution in [0, 0.1) is 0 Å². The summed E-state index contributed by atoms with van der Waals surface area (Å²) in [4.78, 5) is 14.5. The van der Waals surface area contributed by atoms with E-state index in [0.717, 1.165) is 16.8 Å². The summed E-state index contributed by atoms with van der Waals surface area (Å²) in [6.45, 7) is 6.61. The maximum absolute atomic E-state index is 12.6. The highest BCUT2D eigenvalue weighted by Gasteiger charge is 2.34. The van der Waals surface area contributed by atoms with Crippen molar-refractivity contribution in [2.75, 3.05) is 13.7 Å². The molecule has 1 aliphatic heterocycles. The van der Waals surface area contributed by atoms with Crippen molar-refractivity contribution in [2.45, 2.75) is 33.4 Å². The average molecular weight is 411 g/mol. The number of hydrogen-bond acceptors (Lipinski definition) is 4. The van der Waals surface area contributed by atoms with Gasteiger partial charge in [0.25, 0.3) is 0 Å². The Morgan fingerprint density at radius 2 is 1.90 bits per heavy atom. The summed E-state index contributed by atoms with van der Waals surface area (Å²) in [5, 5.41) is 3.92. The fourth-order valence-electron chi connectivity index (χ4n) is 3.66. The third-order valence-corrected chi connectivity index (χ3v) is 5.40. The second-order valence-corrected chi connectivity index (χ2v) is 7.22. The van der Waals surface area contributed by atoms with Gasteiger partial charge in [-0.25, -0.2) is 0 Å². The quantitative estimate of drug-likeness (QED) is 0.684. The van der Waals surface area contributed by atoms with Crippen LogP contribution in [0.2, 0.25) is 0 Å². The van der Waals surface area contributed by atoms with Crippen molar-refractivity contribution in [3.05, 3.63) is 70.9 Å². The number of para-hydroxylation sites is 1. The lowest BCUT2D eigenvalue weighted by atomic mass is 9.91. The number of carbonyl (C=O) groups is 1. The molecule has 0 bridgehead atoms. The summed E-state index contributed by atoms with van der Waals surface area (Å²) in [6, 6.07) is 15.2. The van der Waals surface area contributed by atoms with Crippen LogP contribution < -0.4 is 14.8 Å². The molecule has 2 aromatic rings. The maximum atomic E-state index is 12.6. The Morgan fingerprint density at radius 1 is 1.17 bits per heavy atom. The van der Waals surface area contributed by atoms with Gasteiger partial charge in [0.1, 0.15) is 6.61 Å². The normalized spacial score (nSPS) is 16.5. The lowest BCUT2D eigenvalue weighted by Crippen LogP contribution is -2.47. The van der Waals surface area contributed by atoms with Crippen LogP contribution in [-0.4, -0.2) is 29.5 Å². The van der Waals surface area contributed by atoms with Crippen LogP contribution in [0.4, 0.5) is 0 Å².